The van der Waals surface area contributed by atoms with E-state index in [9.17, 15) is 4.79 Å². The van der Waals surface area contributed by atoms with Crippen molar-refractivity contribution in [3.63, 3.8) is 0 Å². The van der Waals surface area contributed by atoms with Gasteiger partial charge >= 0.3 is 0 Å². The molecule has 4 rings (SSSR count). The van der Waals surface area contributed by atoms with Crippen LogP contribution in [0.25, 0.3) is 10.9 Å². The van der Waals surface area contributed by atoms with Crippen LogP contribution in [-0.2, 0) is 13.5 Å². The molecule has 1 N–H and O–H groups in total. The standard InChI is InChI=1S/C21H26N4O/c1-14-12-22-23-18(14)11-16-7-6-10-25(13-16)21(26)20-15(2)24(3)19-9-5-4-8-17(19)20/h4-5,8-9,12,16H,6-7,10-11,13H2,1-3H3,(H,22,23). The molecule has 0 radical (unpaired) electrons. The first-order valence-electron chi connectivity index (χ1n) is 9.38. The third-order valence-electron chi connectivity index (χ3n) is 5.85. The van der Waals surface area contributed by atoms with Crippen LogP contribution < -0.4 is 0 Å². The Morgan fingerprint density at radius 2 is 2.12 bits per heavy atom. The molecule has 26 heavy (non-hydrogen) atoms. The predicted molar refractivity (Wildman–Crippen MR) is 103 cm³/mol. The van der Waals surface area contributed by atoms with Gasteiger partial charge in [0.05, 0.1) is 11.8 Å². The quantitative estimate of drug-likeness (QED) is 0.784. The van der Waals surface area contributed by atoms with E-state index in [1.807, 2.05) is 32.3 Å². The molecule has 2 aromatic heterocycles. The lowest BCUT2D eigenvalue weighted by Crippen LogP contribution is -2.40. The number of aromatic nitrogens is 3. The smallest absolute Gasteiger partial charge is 0.256 e. The summed E-state index contributed by atoms with van der Waals surface area (Å²) in [5.74, 6) is 0.660. The van der Waals surface area contributed by atoms with Gasteiger partial charge in [-0.05, 0) is 50.7 Å². The highest BCUT2D eigenvalue weighted by Gasteiger charge is 2.28. The Kier molecular flexibility index (Phi) is 4.31. The fraction of sp³-hybridized carbons (Fsp3) is 0.429. The van der Waals surface area contributed by atoms with Gasteiger partial charge in [0, 0.05) is 42.4 Å². The number of likely N-dealkylation sites (tertiary alicyclic amines) is 1. The topological polar surface area (TPSA) is 53.9 Å². The summed E-state index contributed by atoms with van der Waals surface area (Å²) in [6.45, 7) is 5.80. The summed E-state index contributed by atoms with van der Waals surface area (Å²) in [7, 11) is 2.04. The van der Waals surface area contributed by atoms with E-state index < -0.39 is 0 Å². The summed E-state index contributed by atoms with van der Waals surface area (Å²) in [5.41, 5.74) is 5.43. The Bertz CT molecular complexity index is 952. The van der Waals surface area contributed by atoms with Crippen LogP contribution in [0.15, 0.2) is 30.5 Å². The highest BCUT2D eigenvalue weighted by Crippen LogP contribution is 2.28. The van der Waals surface area contributed by atoms with Gasteiger partial charge in [0.2, 0.25) is 0 Å². The monoisotopic (exact) mass is 350 g/mol. The first kappa shape index (κ1) is 16.9. The summed E-state index contributed by atoms with van der Waals surface area (Å²) in [4.78, 5) is 15.4. The number of aryl methyl sites for hydroxylation is 2. The van der Waals surface area contributed by atoms with E-state index >= 15 is 0 Å². The molecule has 136 valence electrons. The molecule has 0 spiro atoms. The minimum Gasteiger partial charge on any atom is -0.347 e. The molecular weight excluding hydrogens is 324 g/mol. The fourth-order valence-corrected chi connectivity index (χ4v) is 4.23. The van der Waals surface area contributed by atoms with Crippen molar-refractivity contribution in [2.45, 2.75) is 33.1 Å². The van der Waals surface area contributed by atoms with Crippen molar-refractivity contribution in [1.82, 2.24) is 19.7 Å². The van der Waals surface area contributed by atoms with E-state index in [4.69, 9.17) is 0 Å². The maximum atomic E-state index is 13.4. The van der Waals surface area contributed by atoms with Gasteiger partial charge in [-0.1, -0.05) is 18.2 Å². The van der Waals surface area contributed by atoms with Crippen molar-refractivity contribution in [2.24, 2.45) is 13.0 Å². The average molecular weight is 350 g/mol. The van der Waals surface area contributed by atoms with Crippen LogP contribution in [-0.4, -0.2) is 38.7 Å². The van der Waals surface area contributed by atoms with E-state index in [1.54, 1.807) is 0 Å². The second-order valence-corrected chi connectivity index (χ2v) is 7.53. The molecule has 1 amide bonds. The maximum Gasteiger partial charge on any atom is 0.256 e. The van der Waals surface area contributed by atoms with E-state index in [0.717, 1.165) is 54.5 Å². The first-order chi connectivity index (χ1) is 12.6. The average Bonchev–Trinajstić information content (AvgIpc) is 3.17. The number of fused-ring (bicyclic) bond motifs is 1. The van der Waals surface area contributed by atoms with Gasteiger partial charge in [-0.3, -0.25) is 9.89 Å². The predicted octanol–water partition coefficient (Wildman–Crippen LogP) is 3.61. The maximum absolute atomic E-state index is 13.4. The number of aromatic amines is 1. The zero-order chi connectivity index (χ0) is 18.3. The number of H-pyrrole nitrogens is 1. The lowest BCUT2D eigenvalue weighted by atomic mass is 9.92. The first-order valence-corrected chi connectivity index (χ1v) is 9.38. The number of benzene rings is 1. The van der Waals surface area contributed by atoms with Gasteiger partial charge in [-0.15, -0.1) is 0 Å². The van der Waals surface area contributed by atoms with Crippen LogP contribution in [0.2, 0.25) is 0 Å². The lowest BCUT2D eigenvalue weighted by molar-refractivity contribution is 0.0673. The SMILES string of the molecule is Cc1cn[nH]c1CC1CCCN(C(=O)c2c(C)n(C)c3ccccc23)C1. The molecule has 1 unspecified atom stereocenters. The molecule has 3 heterocycles. The highest BCUT2D eigenvalue weighted by atomic mass is 16.2. The minimum absolute atomic E-state index is 0.172. The van der Waals surface area contributed by atoms with Crippen LogP contribution in [0.4, 0.5) is 0 Å². The molecule has 1 saturated heterocycles. The van der Waals surface area contributed by atoms with Crippen molar-refractivity contribution in [3.8, 4) is 0 Å². The normalized spacial score (nSPS) is 17.8. The van der Waals surface area contributed by atoms with E-state index in [-0.39, 0.29) is 5.91 Å². The van der Waals surface area contributed by atoms with Gasteiger partial charge in [0.15, 0.2) is 0 Å². The van der Waals surface area contributed by atoms with Gasteiger partial charge in [-0.2, -0.15) is 5.10 Å². The Balaban J connectivity index is 1.59. The summed E-state index contributed by atoms with van der Waals surface area (Å²) in [5, 5.41) is 8.30. The number of para-hydroxylation sites is 1. The van der Waals surface area contributed by atoms with Gasteiger partial charge in [0.25, 0.3) is 5.91 Å². The molecule has 1 atom stereocenters. The molecule has 3 aromatic rings. The highest BCUT2D eigenvalue weighted by molar-refractivity contribution is 6.08. The number of amides is 1. The Morgan fingerprint density at radius 3 is 2.88 bits per heavy atom. The Labute approximate surface area is 154 Å². The third kappa shape index (κ3) is 2.81. The van der Waals surface area contributed by atoms with Crippen molar-refractivity contribution < 1.29 is 4.79 Å². The number of carbonyl (C=O) groups is 1. The zero-order valence-electron chi connectivity index (χ0n) is 15.7. The number of piperidine rings is 1. The third-order valence-corrected chi connectivity index (χ3v) is 5.85. The summed E-state index contributed by atoms with van der Waals surface area (Å²) < 4.78 is 2.12. The number of hydrogen-bond acceptors (Lipinski definition) is 2. The number of nitrogens with one attached hydrogen (secondary N) is 1. The van der Waals surface area contributed by atoms with Crippen LogP contribution in [0.5, 0.6) is 0 Å². The van der Waals surface area contributed by atoms with Crippen molar-refractivity contribution in [1.29, 1.82) is 0 Å². The second kappa shape index (κ2) is 6.63. The molecule has 0 aliphatic carbocycles. The van der Waals surface area contributed by atoms with Crippen LogP contribution in [0.1, 0.15) is 40.2 Å². The molecular formula is C21H26N4O. The zero-order valence-corrected chi connectivity index (χ0v) is 15.7. The summed E-state index contributed by atoms with van der Waals surface area (Å²) in [6.07, 6.45) is 5.06. The number of hydrogen-bond donors (Lipinski definition) is 1. The van der Waals surface area contributed by atoms with Crippen molar-refractivity contribution in [3.05, 3.63) is 53.0 Å². The van der Waals surface area contributed by atoms with Gasteiger partial charge in [-0.25, -0.2) is 0 Å². The fourth-order valence-electron chi connectivity index (χ4n) is 4.23. The van der Waals surface area contributed by atoms with Crippen molar-refractivity contribution in [2.75, 3.05) is 13.1 Å². The molecule has 1 fully saturated rings. The summed E-state index contributed by atoms with van der Waals surface area (Å²) in [6, 6.07) is 8.18. The van der Waals surface area contributed by atoms with Crippen molar-refractivity contribution >= 4 is 16.8 Å². The molecule has 0 saturated carbocycles. The Morgan fingerprint density at radius 1 is 1.31 bits per heavy atom. The lowest BCUT2D eigenvalue weighted by Gasteiger charge is -2.33. The molecule has 1 aliphatic heterocycles. The Hall–Kier alpha value is -2.56. The summed E-state index contributed by atoms with van der Waals surface area (Å²) >= 11 is 0. The van der Waals surface area contributed by atoms with E-state index in [0.29, 0.717) is 5.92 Å². The largest absolute Gasteiger partial charge is 0.347 e. The van der Waals surface area contributed by atoms with Gasteiger partial charge in [0.1, 0.15) is 0 Å². The minimum atomic E-state index is 0.172. The van der Waals surface area contributed by atoms with E-state index in [1.165, 1.54) is 11.3 Å². The van der Waals surface area contributed by atoms with Gasteiger partial charge < -0.3 is 9.47 Å². The molecule has 0 bridgehead atoms. The van der Waals surface area contributed by atoms with E-state index in [2.05, 4.69) is 38.7 Å². The number of rotatable bonds is 3. The number of carbonyl (C=O) groups excluding carboxylic acids is 1. The van der Waals surface area contributed by atoms with Crippen LogP contribution >= 0.6 is 0 Å². The number of nitrogens with zero attached hydrogens (tertiary/aromatic N) is 3. The molecule has 5 heteroatoms. The van der Waals surface area contributed by atoms with Crippen LogP contribution in [0, 0.1) is 19.8 Å². The molecule has 5 nitrogen and oxygen atoms in total. The molecule has 1 aromatic carbocycles. The second-order valence-electron chi connectivity index (χ2n) is 7.53. The molecule has 1 aliphatic rings. The van der Waals surface area contributed by atoms with Crippen LogP contribution in [0.3, 0.4) is 0 Å².